The number of hydrogen-bond acceptors (Lipinski definition) is 5. The Hall–Kier alpha value is -3.74. The lowest BCUT2D eigenvalue weighted by molar-refractivity contribution is -0.384. The highest BCUT2D eigenvalue weighted by Crippen LogP contribution is 2.40. The van der Waals surface area contributed by atoms with Gasteiger partial charge in [-0.3, -0.25) is 14.9 Å². The molecule has 1 aromatic heterocycles. The molecule has 0 saturated carbocycles. The zero-order chi connectivity index (χ0) is 17.6. The molecule has 0 atom stereocenters. The second-order valence-corrected chi connectivity index (χ2v) is 5.42. The monoisotopic (exact) mass is 334 g/mol. The summed E-state index contributed by atoms with van der Waals surface area (Å²) in [6.07, 6.45) is 0. The van der Waals surface area contributed by atoms with Gasteiger partial charge in [0.1, 0.15) is 5.56 Å². The van der Waals surface area contributed by atoms with Crippen LogP contribution in [0.5, 0.6) is 5.95 Å². The SMILES string of the molecule is O=C1N=C(c2ccc([N+](=O)[O-])cc2)c2c(O)oc(-c3ccccc3)c21. The van der Waals surface area contributed by atoms with E-state index in [1.165, 1.54) is 24.3 Å². The van der Waals surface area contributed by atoms with Gasteiger partial charge < -0.3 is 9.52 Å². The summed E-state index contributed by atoms with van der Waals surface area (Å²) in [5.74, 6) is -0.679. The van der Waals surface area contributed by atoms with Crippen LogP contribution in [-0.4, -0.2) is 21.6 Å². The van der Waals surface area contributed by atoms with E-state index in [2.05, 4.69) is 4.99 Å². The molecular weight excluding hydrogens is 324 g/mol. The van der Waals surface area contributed by atoms with Crippen LogP contribution >= 0.6 is 0 Å². The number of non-ortho nitro benzene ring substituents is 1. The summed E-state index contributed by atoms with van der Waals surface area (Å²) >= 11 is 0. The minimum atomic E-state index is -0.522. The van der Waals surface area contributed by atoms with Gasteiger partial charge in [0.15, 0.2) is 5.76 Å². The summed E-state index contributed by atoms with van der Waals surface area (Å²) in [6.45, 7) is 0. The second-order valence-electron chi connectivity index (χ2n) is 5.42. The third kappa shape index (κ3) is 2.29. The van der Waals surface area contributed by atoms with E-state index < -0.39 is 16.8 Å². The average Bonchev–Trinajstić information content (AvgIpc) is 3.15. The summed E-state index contributed by atoms with van der Waals surface area (Å²) in [4.78, 5) is 26.6. The highest BCUT2D eigenvalue weighted by atomic mass is 16.6. The van der Waals surface area contributed by atoms with Crippen LogP contribution < -0.4 is 0 Å². The van der Waals surface area contributed by atoms with Gasteiger partial charge in [-0.25, -0.2) is 4.99 Å². The Labute approximate surface area is 141 Å². The van der Waals surface area contributed by atoms with Crippen LogP contribution in [0.15, 0.2) is 64.0 Å². The molecule has 7 heteroatoms. The smallest absolute Gasteiger partial charge is 0.293 e. The van der Waals surface area contributed by atoms with E-state index in [4.69, 9.17) is 4.42 Å². The van der Waals surface area contributed by atoms with Gasteiger partial charge in [0.2, 0.25) is 0 Å². The van der Waals surface area contributed by atoms with E-state index in [1.54, 1.807) is 24.3 Å². The van der Waals surface area contributed by atoms with Crippen molar-refractivity contribution in [3.05, 3.63) is 81.4 Å². The molecule has 1 N–H and O–H groups in total. The molecule has 1 aliphatic heterocycles. The minimum Gasteiger partial charge on any atom is -0.480 e. The Kier molecular flexibility index (Phi) is 3.21. The highest BCUT2D eigenvalue weighted by Gasteiger charge is 2.35. The average molecular weight is 334 g/mol. The Bertz CT molecular complexity index is 1030. The molecule has 7 nitrogen and oxygen atoms in total. The number of nitrogens with zero attached hydrogens (tertiary/aromatic N) is 2. The first kappa shape index (κ1) is 14.8. The van der Waals surface area contributed by atoms with Gasteiger partial charge in [0, 0.05) is 23.3 Å². The number of rotatable bonds is 3. The van der Waals surface area contributed by atoms with Crippen molar-refractivity contribution in [3.63, 3.8) is 0 Å². The number of hydrogen-bond donors (Lipinski definition) is 1. The van der Waals surface area contributed by atoms with Crippen LogP contribution in [0.25, 0.3) is 11.3 Å². The fourth-order valence-electron chi connectivity index (χ4n) is 2.80. The van der Waals surface area contributed by atoms with E-state index in [9.17, 15) is 20.0 Å². The van der Waals surface area contributed by atoms with E-state index in [0.29, 0.717) is 11.1 Å². The van der Waals surface area contributed by atoms with E-state index in [-0.39, 0.29) is 28.3 Å². The number of carbonyl (C=O) groups is 1. The molecular formula is C18H10N2O5. The molecule has 122 valence electrons. The van der Waals surface area contributed by atoms with Gasteiger partial charge in [-0.05, 0) is 12.1 Å². The highest BCUT2D eigenvalue weighted by molar-refractivity contribution is 6.30. The molecule has 0 bridgehead atoms. The molecule has 0 fully saturated rings. The predicted octanol–water partition coefficient (Wildman–Crippen LogP) is 3.55. The van der Waals surface area contributed by atoms with Crippen LogP contribution in [0.3, 0.4) is 0 Å². The van der Waals surface area contributed by atoms with Crippen molar-refractivity contribution in [1.29, 1.82) is 0 Å². The van der Waals surface area contributed by atoms with Gasteiger partial charge in [-0.15, -0.1) is 0 Å². The lowest BCUT2D eigenvalue weighted by Gasteiger charge is -2.00. The summed E-state index contributed by atoms with van der Waals surface area (Å²) in [7, 11) is 0. The summed E-state index contributed by atoms with van der Waals surface area (Å²) in [6, 6.07) is 14.5. The van der Waals surface area contributed by atoms with Crippen LogP contribution in [0, 0.1) is 10.1 Å². The number of fused-ring (bicyclic) bond motifs is 1. The molecule has 2 heterocycles. The first-order chi connectivity index (χ1) is 12.1. The van der Waals surface area contributed by atoms with Gasteiger partial charge >= 0.3 is 0 Å². The largest absolute Gasteiger partial charge is 0.480 e. The molecule has 0 spiro atoms. The Morgan fingerprint density at radius 2 is 1.64 bits per heavy atom. The third-order valence-electron chi connectivity index (χ3n) is 3.94. The van der Waals surface area contributed by atoms with Crippen LogP contribution in [-0.2, 0) is 0 Å². The molecule has 1 amide bonds. The quantitative estimate of drug-likeness (QED) is 0.582. The summed E-state index contributed by atoms with van der Waals surface area (Å²) < 4.78 is 5.40. The maximum Gasteiger partial charge on any atom is 0.293 e. The van der Waals surface area contributed by atoms with Gasteiger partial charge in [-0.2, -0.15) is 0 Å². The van der Waals surface area contributed by atoms with E-state index in [1.807, 2.05) is 6.07 Å². The fourth-order valence-corrected chi connectivity index (χ4v) is 2.80. The molecule has 0 radical (unpaired) electrons. The van der Waals surface area contributed by atoms with Crippen molar-refractivity contribution >= 4 is 17.3 Å². The van der Waals surface area contributed by atoms with Crippen LogP contribution in [0.4, 0.5) is 5.69 Å². The predicted molar refractivity (Wildman–Crippen MR) is 88.9 cm³/mol. The van der Waals surface area contributed by atoms with E-state index >= 15 is 0 Å². The lowest BCUT2D eigenvalue weighted by atomic mass is 10.00. The van der Waals surface area contributed by atoms with Crippen molar-refractivity contribution in [2.24, 2.45) is 4.99 Å². The second kappa shape index (κ2) is 5.41. The molecule has 0 saturated heterocycles. The third-order valence-corrected chi connectivity index (χ3v) is 3.94. The molecule has 2 aromatic carbocycles. The van der Waals surface area contributed by atoms with Gasteiger partial charge in [-0.1, -0.05) is 30.3 Å². The number of furan rings is 1. The number of nitro groups is 1. The van der Waals surface area contributed by atoms with Crippen LogP contribution in [0.1, 0.15) is 21.5 Å². The zero-order valence-corrected chi connectivity index (χ0v) is 12.7. The first-order valence-corrected chi connectivity index (χ1v) is 7.35. The Morgan fingerprint density at radius 1 is 0.960 bits per heavy atom. The first-order valence-electron chi connectivity index (χ1n) is 7.35. The number of benzene rings is 2. The van der Waals surface area contributed by atoms with Gasteiger partial charge in [0.05, 0.1) is 16.2 Å². The van der Waals surface area contributed by atoms with Crippen molar-refractivity contribution in [2.45, 2.75) is 0 Å². The summed E-state index contributed by atoms with van der Waals surface area (Å²) in [5.41, 5.74) is 1.68. The van der Waals surface area contributed by atoms with Crippen molar-refractivity contribution in [2.75, 3.05) is 0 Å². The zero-order valence-electron chi connectivity index (χ0n) is 12.7. The molecule has 4 rings (SSSR count). The van der Waals surface area contributed by atoms with Crippen molar-refractivity contribution < 1.29 is 19.2 Å². The molecule has 0 aliphatic carbocycles. The normalized spacial score (nSPS) is 12.8. The molecule has 0 unspecified atom stereocenters. The number of carbonyl (C=O) groups excluding carboxylic acids is 1. The number of nitro benzene ring substituents is 1. The van der Waals surface area contributed by atoms with Gasteiger partial charge in [0.25, 0.3) is 17.5 Å². The standard InChI is InChI=1S/C18H10N2O5/c21-17-14-13(18(22)25-16(14)11-4-2-1-3-5-11)15(19-17)10-6-8-12(9-7-10)20(23)24/h1-9,22H. The maximum absolute atomic E-state index is 12.4. The minimum absolute atomic E-state index is 0.0738. The maximum atomic E-state index is 12.4. The van der Waals surface area contributed by atoms with E-state index in [0.717, 1.165) is 0 Å². The number of aliphatic imine (C=N–C) groups is 1. The summed E-state index contributed by atoms with van der Waals surface area (Å²) in [5, 5.41) is 21.0. The molecule has 1 aliphatic rings. The Balaban J connectivity index is 1.83. The molecule has 3 aromatic rings. The van der Waals surface area contributed by atoms with Crippen molar-refractivity contribution in [3.8, 4) is 17.3 Å². The van der Waals surface area contributed by atoms with Crippen LogP contribution in [0.2, 0.25) is 0 Å². The molecule has 25 heavy (non-hydrogen) atoms. The fraction of sp³-hybridized carbons (Fsp3) is 0. The number of aromatic hydroxyl groups is 1. The lowest BCUT2D eigenvalue weighted by Crippen LogP contribution is -2.00. The van der Waals surface area contributed by atoms with Crippen molar-refractivity contribution in [1.82, 2.24) is 0 Å². The topological polar surface area (TPSA) is 106 Å². The Morgan fingerprint density at radius 3 is 2.28 bits per heavy atom. The number of amides is 1.